The van der Waals surface area contributed by atoms with E-state index in [0.717, 1.165) is 10.9 Å². The molecule has 0 amide bonds. The van der Waals surface area contributed by atoms with Gasteiger partial charge in [0.05, 0.1) is 0 Å². The Morgan fingerprint density at radius 2 is 0.677 bits per heavy atom. The molecule has 0 aliphatic carbocycles. The molecule has 7 aromatic rings. The van der Waals surface area contributed by atoms with Gasteiger partial charge in [0.25, 0.3) is 0 Å². The van der Waals surface area contributed by atoms with E-state index < -0.39 is 144 Å². The predicted octanol–water partition coefficient (Wildman–Crippen LogP) is 9.00. The van der Waals surface area contributed by atoms with Crippen LogP contribution in [-0.2, 0) is 6.54 Å². The van der Waals surface area contributed by atoms with Crippen molar-refractivity contribution in [2.75, 3.05) is 0 Å². The molecule has 1 aromatic heterocycles. The van der Waals surface area contributed by atoms with Crippen LogP contribution < -0.4 is 26.4 Å². The van der Waals surface area contributed by atoms with Crippen LogP contribution in [-0.4, -0.2) is 11.9 Å². The van der Waals surface area contributed by atoms with Gasteiger partial charge in [0, 0.05) is 23.1 Å². The lowest BCUT2D eigenvalue weighted by molar-refractivity contribution is -0.657. The third-order valence-corrected chi connectivity index (χ3v) is 9.96. The van der Waals surface area contributed by atoms with Crippen LogP contribution in [0, 0.1) is 122 Å². The Morgan fingerprint density at radius 1 is 0.369 bits per heavy atom. The molecule has 0 saturated carbocycles. The summed E-state index contributed by atoms with van der Waals surface area (Å²) in [6.07, 6.45) is -5.38. The molecule has 0 bridgehead atoms. The predicted molar refractivity (Wildman–Crippen MR) is 184 cm³/mol. The van der Waals surface area contributed by atoms with Gasteiger partial charge in [-0.1, -0.05) is 30.3 Å². The average molecular weight is 945 g/mol. The first-order valence-electron chi connectivity index (χ1n) is 17.3. The maximum atomic E-state index is 15.4. The van der Waals surface area contributed by atoms with Gasteiger partial charge in [-0.3, -0.25) is 4.79 Å². The molecular weight excluding hydrogens is 932 g/mol. The van der Waals surface area contributed by atoms with Gasteiger partial charge < -0.3 is 0 Å². The molecule has 65 heavy (non-hydrogen) atoms. The van der Waals surface area contributed by atoms with Crippen LogP contribution in [0.5, 0.6) is 0 Å². The molecule has 0 aliphatic rings. The molecule has 2 nitrogen and oxygen atoms in total. The fourth-order valence-electron chi connectivity index (χ4n) is 7.13. The molecule has 6 aromatic carbocycles. The summed E-state index contributed by atoms with van der Waals surface area (Å²) in [7, 11) is 0. The normalized spacial score (nSPS) is 11.6. The number of Topliss-reactive ketones (excluding diaryl/α,β-unsaturated/α-hetero) is 1. The summed E-state index contributed by atoms with van der Waals surface area (Å²) in [6, 6.07) is 17.4. The van der Waals surface area contributed by atoms with Crippen molar-refractivity contribution < 1.29 is 102 Å². The van der Waals surface area contributed by atoms with Crippen molar-refractivity contribution in [1.82, 2.24) is 0 Å². The standard InChI is InChI=1S/C24BF20.C17H13FNO/c26-5-1(6(27)14(35)21(42)13(5)34)25(2-7(28)15(36)22(43)16(37)8(2)29,3-9(30)17(38)23(44)18(39)10(3)31)4-11(32)19(40)24(45)20(41)12(4)33;18-15-8-9-16-14(11-15)7-4-10-19(16)12-17(20)13-5-2-1-3-6-13/h;1-11H,12H2/q-1;+1. The van der Waals surface area contributed by atoms with E-state index in [2.05, 4.69) is 0 Å². The molecule has 7 rings (SSSR count). The lowest BCUT2D eigenvalue weighted by Crippen LogP contribution is -2.81. The van der Waals surface area contributed by atoms with E-state index in [1.165, 1.54) is 12.1 Å². The number of hydrogen-bond donors (Lipinski definition) is 0. The third kappa shape index (κ3) is 7.46. The number of carbonyl (C=O) groups is 1. The number of nitrogens with zero attached hydrogens (tertiary/aromatic N) is 1. The van der Waals surface area contributed by atoms with Gasteiger partial charge in [0.1, 0.15) is 58.5 Å². The Kier molecular flexibility index (Phi) is 12.8. The van der Waals surface area contributed by atoms with Gasteiger partial charge >= 0.3 is 0 Å². The number of carbonyl (C=O) groups excluding carboxylic acids is 1. The van der Waals surface area contributed by atoms with Crippen molar-refractivity contribution in [3.05, 3.63) is 195 Å². The largest absolute Gasteiger partial charge is 0.287 e. The zero-order valence-corrected chi connectivity index (χ0v) is 30.9. The monoisotopic (exact) mass is 945 g/mol. The van der Waals surface area contributed by atoms with Crippen molar-refractivity contribution in [3.8, 4) is 0 Å². The van der Waals surface area contributed by atoms with Crippen LogP contribution in [0.4, 0.5) is 92.2 Å². The highest BCUT2D eigenvalue weighted by Gasteiger charge is 2.52. The van der Waals surface area contributed by atoms with Crippen LogP contribution >= 0.6 is 0 Å². The first-order valence-corrected chi connectivity index (χ1v) is 17.3. The van der Waals surface area contributed by atoms with Gasteiger partial charge in [-0.15, -0.1) is 21.9 Å². The van der Waals surface area contributed by atoms with E-state index in [1.807, 2.05) is 41.1 Å². The molecule has 338 valence electrons. The molecule has 0 atom stereocenters. The van der Waals surface area contributed by atoms with Crippen LogP contribution in [0.1, 0.15) is 10.4 Å². The van der Waals surface area contributed by atoms with Crippen LogP contribution in [0.25, 0.3) is 10.9 Å². The highest BCUT2D eigenvalue weighted by atomic mass is 19.2. The molecule has 24 heteroatoms. The maximum Gasteiger partial charge on any atom is 0.227 e. The second-order valence-electron chi connectivity index (χ2n) is 13.4. The van der Waals surface area contributed by atoms with E-state index in [1.54, 1.807) is 18.2 Å². The van der Waals surface area contributed by atoms with E-state index in [0.29, 0.717) is 5.56 Å². The first-order chi connectivity index (χ1) is 30.4. The summed E-state index contributed by atoms with van der Waals surface area (Å²) in [5.74, 6) is -71.6. The Labute approximate surface area is 347 Å². The van der Waals surface area contributed by atoms with Crippen molar-refractivity contribution in [2.24, 2.45) is 0 Å². The second-order valence-corrected chi connectivity index (χ2v) is 13.4. The Balaban J connectivity index is 0.000000289. The summed E-state index contributed by atoms with van der Waals surface area (Å²) in [5.41, 5.74) is -12.8. The zero-order chi connectivity index (χ0) is 48.3. The minimum atomic E-state index is -7.22. The van der Waals surface area contributed by atoms with Crippen LogP contribution in [0.15, 0.2) is 66.9 Å². The highest BCUT2D eigenvalue weighted by molar-refractivity contribution is 7.20. The molecular formula is C41H13BF21NO. The van der Waals surface area contributed by atoms with Crippen LogP contribution in [0.3, 0.4) is 0 Å². The van der Waals surface area contributed by atoms with Crippen LogP contribution in [0.2, 0.25) is 0 Å². The van der Waals surface area contributed by atoms with Crippen molar-refractivity contribution >= 4 is 44.7 Å². The average Bonchev–Trinajstić information content (AvgIpc) is 3.29. The molecule has 0 fully saturated rings. The van der Waals surface area contributed by atoms with Crippen molar-refractivity contribution in [2.45, 2.75) is 6.54 Å². The number of pyridine rings is 1. The zero-order valence-electron chi connectivity index (χ0n) is 30.9. The first kappa shape index (κ1) is 47.5. The summed E-state index contributed by atoms with van der Waals surface area (Å²) in [6.45, 7) is 0.243. The molecule has 0 spiro atoms. The van der Waals surface area contributed by atoms with E-state index >= 15 is 35.1 Å². The Bertz CT molecular complexity index is 2730. The maximum absolute atomic E-state index is 15.4. The minimum absolute atomic E-state index is 0.0347. The Morgan fingerprint density at radius 3 is 1.00 bits per heavy atom. The fourth-order valence-corrected chi connectivity index (χ4v) is 7.13. The summed E-state index contributed by atoms with van der Waals surface area (Å²) < 4.78 is 309. The summed E-state index contributed by atoms with van der Waals surface area (Å²) >= 11 is 0. The molecule has 0 unspecified atom stereocenters. The topological polar surface area (TPSA) is 20.9 Å². The number of aromatic nitrogens is 1. The second kappa shape index (κ2) is 17.5. The van der Waals surface area contributed by atoms with Gasteiger partial charge in [0.2, 0.25) is 17.8 Å². The Hall–Kier alpha value is -7.01. The number of ketones is 1. The lowest BCUT2D eigenvalue weighted by Gasteiger charge is -2.44. The van der Waals surface area contributed by atoms with Gasteiger partial charge in [-0.2, -0.15) is 4.57 Å². The number of benzene rings is 6. The van der Waals surface area contributed by atoms with E-state index in [4.69, 9.17) is 0 Å². The molecule has 0 N–H and O–H groups in total. The van der Waals surface area contributed by atoms with Gasteiger partial charge in [-0.05, 0) is 18.2 Å². The number of rotatable bonds is 7. The lowest BCUT2D eigenvalue weighted by atomic mass is 9.12. The molecule has 0 aliphatic heterocycles. The number of fused-ring (bicyclic) bond motifs is 1. The van der Waals surface area contributed by atoms with E-state index in [9.17, 15) is 61.9 Å². The summed E-state index contributed by atoms with van der Waals surface area (Å²) in [4.78, 5) is 12.2. The SMILES string of the molecule is Fc1c(F)c(F)c([B-](c2c(F)c(F)c(F)c(F)c2F)(c2c(F)c(F)c(F)c(F)c2F)c2c(F)c(F)c(F)c(F)c2F)c(F)c1F.O=C(C[n+]1cccc2cc(F)ccc21)c1ccccc1. The highest BCUT2D eigenvalue weighted by Crippen LogP contribution is 2.31. The quantitative estimate of drug-likeness (QED) is 0.0391. The number of hydrogen-bond acceptors (Lipinski definition) is 1. The molecule has 1 heterocycles. The van der Waals surface area contributed by atoms with Gasteiger partial charge in [-0.25, -0.2) is 92.2 Å². The van der Waals surface area contributed by atoms with Gasteiger partial charge in [0.15, 0.2) is 76.0 Å². The fraction of sp³-hybridized carbons (Fsp3) is 0.0244. The number of halogens is 21. The smallest absolute Gasteiger partial charge is 0.227 e. The molecule has 0 radical (unpaired) electrons. The summed E-state index contributed by atoms with van der Waals surface area (Å²) in [5, 5.41) is 0.786. The van der Waals surface area contributed by atoms with E-state index in [-0.39, 0.29) is 18.1 Å². The molecule has 0 saturated heterocycles. The minimum Gasteiger partial charge on any atom is -0.287 e. The van der Waals surface area contributed by atoms with Crippen molar-refractivity contribution in [3.63, 3.8) is 0 Å². The van der Waals surface area contributed by atoms with Crippen molar-refractivity contribution in [1.29, 1.82) is 0 Å². The third-order valence-electron chi connectivity index (χ3n) is 9.96.